The van der Waals surface area contributed by atoms with E-state index in [9.17, 15) is 4.79 Å². The molecule has 3 rings (SSSR count). The standard InChI is InChI=1S/C15H10Cl2N2O3S/c16-10-4-3-9(6-11(10)17)7-14(20)21-8-13-18-15(19-22-13)12-2-1-5-23-12/h1-6H,7-8H2. The van der Waals surface area contributed by atoms with Crippen molar-refractivity contribution in [1.82, 2.24) is 10.1 Å². The van der Waals surface area contributed by atoms with Gasteiger partial charge in [-0.3, -0.25) is 4.79 Å². The number of hydrogen-bond acceptors (Lipinski definition) is 6. The molecule has 0 amide bonds. The number of hydrogen-bond donors (Lipinski definition) is 0. The second-order valence-electron chi connectivity index (χ2n) is 4.57. The van der Waals surface area contributed by atoms with Crippen LogP contribution in [0.2, 0.25) is 10.0 Å². The molecule has 0 atom stereocenters. The summed E-state index contributed by atoms with van der Waals surface area (Å²) in [5, 5.41) is 6.60. The molecule has 0 saturated carbocycles. The van der Waals surface area contributed by atoms with Crippen molar-refractivity contribution in [2.45, 2.75) is 13.0 Å². The van der Waals surface area contributed by atoms with Crippen LogP contribution in [0.25, 0.3) is 10.7 Å². The van der Waals surface area contributed by atoms with Gasteiger partial charge in [0.1, 0.15) is 0 Å². The molecule has 0 saturated heterocycles. The van der Waals surface area contributed by atoms with Gasteiger partial charge >= 0.3 is 5.97 Å². The molecular formula is C15H10Cl2N2O3S. The Morgan fingerprint density at radius 1 is 1.26 bits per heavy atom. The largest absolute Gasteiger partial charge is 0.455 e. The molecule has 2 heterocycles. The number of halogens is 2. The van der Waals surface area contributed by atoms with Gasteiger partial charge in [-0.25, -0.2) is 0 Å². The van der Waals surface area contributed by atoms with Crippen LogP contribution >= 0.6 is 34.5 Å². The van der Waals surface area contributed by atoms with Crippen molar-refractivity contribution in [2.75, 3.05) is 0 Å². The summed E-state index contributed by atoms with van der Waals surface area (Å²) in [6.07, 6.45) is 0.0861. The van der Waals surface area contributed by atoms with Gasteiger partial charge in [-0.2, -0.15) is 4.98 Å². The molecule has 1 aromatic carbocycles. The Morgan fingerprint density at radius 2 is 2.13 bits per heavy atom. The third kappa shape index (κ3) is 4.10. The summed E-state index contributed by atoms with van der Waals surface area (Å²) in [5.41, 5.74) is 0.717. The lowest BCUT2D eigenvalue weighted by atomic mass is 10.1. The summed E-state index contributed by atoms with van der Waals surface area (Å²) >= 11 is 13.2. The summed E-state index contributed by atoms with van der Waals surface area (Å²) in [5.74, 6) is 0.311. The van der Waals surface area contributed by atoms with Crippen LogP contribution in [0.3, 0.4) is 0 Å². The molecule has 0 bridgehead atoms. The number of nitrogens with zero attached hydrogens (tertiary/aromatic N) is 2. The first-order chi connectivity index (χ1) is 11.1. The van der Waals surface area contributed by atoms with E-state index in [4.69, 9.17) is 32.5 Å². The van der Waals surface area contributed by atoms with Crippen LogP contribution in [0.15, 0.2) is 40.2 Å². The zero-order chi connectivity index (χ0) is 16.2. The van der Waals surface area contributed by atoms with E-state index in [0.29, 0.717) is 21.4 Å². The van der Waals surface area contributed by atoms with Gasteiger partial charge in [0.2, 0.25) is 5.82 Å². The van der Waals surface area contributed by atoms with E-state index < -0.39 is 5.97 Å². The van der Waals surface area contributed by atoms with E-state index in [-0.39, 0.29) is 18.9 Å². The average Bonchev–Trinajstić information content (AvgIpc) is 3.19. The molecule has 0 fully saturated rings. The minimum Gasteiger partial charge on any atom is -0.455 e. The van der Waals surface area contributed by atoms with Crippen LogP contribution in [-0.2, 0) is 22.6 Å². The maximum Gasteiger partial charge on any atom is 0.310 e. The van der Waals surface area contributed by atoms with Crippen LogP contribution in [0.5, 0.6) is 0 Å². The van der Waals surface area contributed by atoms with Gasteiger partial charge < -0.3 is 9.26 Å². The number of aromatic nitrogens is 2. The van der Waals surface area contributed by atoms with Gasteiger partial charge in [-0.15, -0.1) is 11.3 Å². The van der Waals surface area contributed by atoms with Gasteiger partial charge in [0, 0.05) is 0 Å². The molecule has 0 N–H and O–H groups in total. The lowest BCUT2D eigenvalue weighted by Crippen LogP contribution is -2.08. The number of esters is 1. The zero-order valence-corrected chi connectivity index (χ0v) is 14.0. The molecule has 2 aromatic heterocycles. The molecule has 0 aliphatic heterocycles. The Balaban J connectivity index is 1.55. The molecule has 3 aromatic rings. The highest BCUT2D eigenvalue weighted by atomic mass is 35.5. The minimum atomic E-state index is -0.417. The van der Waals surface area contributed by atoms with Gasteiger partial charge in [0.25, 0.3) is 5.89 Å². The monoisotopic (exact) mass is 368 g/mol. The molecular weight excluding hydrogens is 359 g/mol. The Hall–Kier alpha value is -1.89. The molecule has 0 aliphatic rings. The number of rotatable bonds is 5. The first-order valence-electron chi connectivity index (χ1n) is 6.58. The predicted octanol–water partition coefficient (Wildman–Crippen LogP) is 4.39. The van der Waals surface area contributed by atoms with Crippen molar-refractivity contribution in [1.29, 1.82) is 0 Å². The topological polar surface area (TPSA) is 65.2 Å². The number of thiophene rings is 1. The molecule has 8 heteroatoms. The summed E-state index contributed by atoms with van der Waals surface area (Å²) in [4.78, 5) is 16.9. The van der Waals surface area contributed by atoms with Crippen LogP contribution in [0, 0.1) is 0 Å². The van der Waals surface area contributed by atoms with Gasteiger partial charge in [0.15, 0.2) is 6.61 Å². The van der Waals surface area contributed by atoms with E-state index in [2.05, 4.69) is 10.1 Å². The van der Waals surface area contributed by atoms with E-state index in [1.807, 2.05) is 17.5 Å². The Kier molecular flexibility index (Phi) is 4.95. The highest BCUT2D eigenvalue weighted by Gasteiger charge is 2.12. The maximum absolute atomic E-state index is 11.8. The Morgan fingerprint density at radius 3 is 2.87 bits per heavy atom. The van der Waals surface area contributed by atoms with Gasteiger partial charge in [-0.05, 0) is 29.1 Å². The Labute approximate surface area is 145 Å². The van der Waals surface area contributed by atoms with Crippen molar-refractivity contribution in [2.24, 2.45) is 0 Å². The lowest BCUT2D eigenvalue weighted by Gasteiger charge is -2.03. The zero-order valence-electron chi connectivity index (χ0n) is 11.7. The second kappa shape index (κ2) is 7.12. The molecule has 5 nitrogen and oxygen atoms in total. The van der Waals surface area contributed by atoms with Crippen molar-refractivity contribution in [3.63, 3.8) is 0 Å². The quantitative estimate of drug-likeness (QED) is 0.624. The fraction of sp³-hybridized carbons (Fsp3) is 0.133. The summed E-state index contributed by atoms with van der Waals surface area (Å²) in [6, 6.07) is 8.77. The Bertz CT molecular complexity index is 818. The molecule has 0 radical (unpaired) electrons. The SMILES string of the molecule is O=C(Cc1ccc(Cl)c(Cl)c1)OCc1nc(-c2cccs2)no1. The van der Waals surface area contributed by atoms with Gasteiger partial charge in [0.05, 0.1) is 21.3 Å². The molecule has 0 aliphatic carbocycles. The van der Waals surface area contributed by atoms with Crippen molar-refractivity contribution >= 4 is 40.5 Å². The number of benzene rings is 1. The van der Waals surface area contributed by atoms with E-state index >= 15 is 0 Å². The summed E-state index contributed by atoms with van der Waals surface area (Å²) in [6.45, 7) is -0.0709. The van der Waals surface area contributed by atoms with Crippen molar-refractivity contribution in [3.05, 3.63) is 57.2 Å². The van der Waals surface area contributed by atoms with Crippen LogP contribution in [0.1, 0.15) is 11.5 Å². The molecule has 0 spiro atoms. The predicted molar refractivity (Wildman–Crippen MR) is 87.6 cm³/mol. The van der Waals surface area contributed by atoms with E-state index in [0.717, 1.165) is 4.88 Å². The van der Waals surface area contributed by atoms with Gasteiger partial charge in [-0.1, -0.05) is 40.5 Å². The maximum atomic E-state index is 11.8. The first-order valence-corrected chi connectivity index (χ1v) is 8.21. The lowest BCUT2D eigenvalue weighted by molar-refractivity contribution is -0.144. The number of carbonyl (C=O) groups excluding carboxylic acids is 1. The fourth-order valence-electron chi connectivity index (χ4n) is 1.83. The highest BCUT2D eigenvalue weighted by molar-refractivity contribution is 7.13. The van der Waals surface area contributed by atoms with Crippen LogP contribution in [0.4, 0.5) is 0 Å². The number of carbonyl (C=O) groups is 1. The molecule has 118 valence electrons. The van der Waals surface area contributed by atoms with E-state index in [1.54, 1.807) is 18.2 Å². The van der Waals surface area contributed by atoms with E-state index in [1.165, 1.54) is 11.3 Å². The van der Waals surface area contributed by atoms with Crippen LogP contribution in [-0.4, -0.2) is 16.1 Å². The van der Waals surface area contributed by atoms with Crippen LogP contribution < -0.4 is 0 Å². The first kappa shape index (κ1) is 16.0. The summed E-state index contributed by atoms with van der Waals surface area (Å²) in [7, 11) is 0. The van der Waals surface area contributed by atoms with Crippen molar-refractivity contribution in [3.8, 4) is 10.7 Å². The fourth-order valence-corrected chi connectivity index (χ4v) is 2.80. The average molecular weight is 369 g/mol. The normalized spacial score (nSPS) is 10.7. The summed E-state index contributed by atoms with van der Waals surface area (Å²) < 4.78 is 10.2. The minimum absolute atomic E-state index is 0.0709. The molecule has 0 unspecified atom stereocenters. The third-order valence-electron chi connectivity index (χ3n) is 2.90. The molecule has 23 heavy (non-hydrogen) atoms. The van der Waals surface area contributed by atoms with Crippen molar-refractivity contribution < 1.29 is 14.1 Å². The number of ether oxygens (including phenoxy) is 1. The third-order valence-corrected chi connectivity index (χ3v) is 4.50. The highest BCUT2D eigenvalue weighted by Crippen LogP contribution is 2.23. The smallest absolute Gasteiger partial charge is 0.310 e. The second-order valence-corrected chi connectivity index (χ2v) is 6.34.